The molecule has 1 unspecified atom stereocenters. The minimum atomic E-state index is -0.0879. The Morgan fingerprint density at radius 3 is 1.56 bits per heavy atom. The fourth-order valence-corrected chi connectivity index (χ4v) is 10.4. The summed E-state index contributed by atoms with van der Waals surface area (Å²) in [6, 6.07) is 79.2. The molecule has 13 rings (SSSR count). The first-order valence-electron chi connectivity index (χ1n) is 21.6. The van der Waals surface area contributed by atoms with Crippen LogP contribution >= 0.6 is 0 Å². The Kier molecular flexibility index (Phi) is 7.78. The molecule has 6 heteroatoms. The number of aromatic nitrogens is 4. The number of hydrogen-bond acceptors (Lipinski definition) is 2. The molecule has 1 aliphatic heterocycles. The Morgan fingerprint density at radius 2 is 0.921 bits per heavy atom. The number of fused-ring (bicyclic) bond motifs is 9. The van der Waals surface area contributed by atoms with Gasteiger partial charge in [-0.2, -0.15) is 4.57 Å². The molecule has 0 saturated heterocycles. The molecular weight excluding hydrogens is 769 g/mol. The fraction of sp³-hybridized carbons (Fsp3) is 0.0351. The number of anilines is 3. The van der Waals surface area contributed by atoms with Gasteiger partial charge in [0.2, 0.25) is 0 Å². The van der Waals surface area contributed by atoms with E-state index in [0.29, 0.717) is 0 Å². The highest BCUT2D eigenvalue weighted by Crippen LogP contribution is 2.48. The van der Waals surface area contributed by atoms with Crippen molar-refractivity contribution in [3.63, 3.8) is 0 Å². The van der Waals surface area contributed by atoms with Crippen LogP contribution in [0.1, 0.15) is 11.7 Å². The van der Waals surface area contributed by atoms with Crippen LogP contribution in [0.25, 0.3) is 83.1 Å². The zero-order valence-corrected chi connectivity index (χ0v) is 34.6. The molecule has 0 spiro atoms. The van der Waals surface area contributed by atoms with Crippen LogP contribution in [-0.4, -0.2) is 13.7 Å². The molecule has 1 N–H and O–H groups in total. The van der Waals surface area contributed by atoms with E-state index in [4.69, 9.17) is 0 Å². The number of nitrogens with zero attached hydrogens (tertiary/aromatic N) is 5. The normalized spacial score (nSPS) is 13.7. The predicted octanol–water partition coefficient (Wildman–Crippen LogP) is 13.6. The predicted molar refractivity (Wildman–Crippen MR) is 260 cm³/mol. The highest BCUT2D eigenvalue weighted by atomic mass is 15.3. The molecule has 12 aromatic rings. The molecule has 0 radical (unpaired) electrons. The molecule has 1 aliphatic rings. The zero-order chi connectivity index (χ0) is 41.6. The molecule has 0 aliphatic carbocycles. The molecule has 0 bridgehead atoms. The Balaban J connectivity index is 1.10. The minimum absolute atomic E-state index is 0.0879. The van der Waals surface area contributed by atoms with Crippen LogP contribution in [0.3, 0.4) is 0 Å². The average molecular weight is 810 g/mol. The average Bonchev–Trinajstić information content (AvgIpc) is 4.09. The summed E-state index contributed by atoms with van der Waals surface area (Å²) in [5, 5.41) is 8.72. The van der Waals surface area contributed by atoms with Gasteiger partial charge >= 0.3 is 0 Å². The lowest BCUT2D eigenvalue weighted by molar-refractivity contribution is -0.633. The molecule has 1 atom stereocenters. The summed E-state index contributed by atoms with van der Waals surface area (Å²) in [4.78, 5) is 2.42. The van der Waals surface area contributed by atoms with Gasteiger partial charge in [-0.1, -0.05) is 115 Å². The molecule has 298 valence electrons. The summed E-state index contributed by atoms with van der Waals surface area (Å²) < 4.78 is 9.69. The van der Waals surface area contributed by atoms with Gasteiger partial charge in [-0.15, -0.1) is 0 Å². The SMILES string of the molecule is C[n+]1c(-c2ccc3c(c2)c2ccc4c5cc(C6Nc7ccccc7N6c6ccccc6)ccc5n(-c5ccccc5)c4c2n3-c2ccccc2)n(-c2ccccc2)c2ccccc21. The summed E-state index contributed by atoms with van der Waals surface area (Å²) in [7, 11) is 2.18. The second-order valence-corrected chi connectivity index (χ2v) is 16.5. The largest absolute Gasteiger partial charge is 0.359 e. The van der Waals surface area contributed by atoms with Crippen LogP contribution in [0, 0.1) is 0 Å². The van der Waals surface area contributed by atoms with E-state index < -0.39 is 0 Å². The maximum atomic E-state index is 3.89. The summed E-state index contributed by atoms with van der Waals surface area (Å²) in [6.07, 6.45) is -0.0879. The van der Waals surface area contributed by atoms with Gasteiger partial charge < -0.3 is 19.4 Å². The third kappa shape index (κ3) is 5.28. The van der Waals surface area contributed by atoms with Gasteiger partial charge in [0.05, 0.1) is 46.1 Å². The molecule has 6 nitrogen and oxygen atoms in total. The summed E-state index contributed by atoms with van der Waals surface area (Å²) >= 11 is 0. The van der Waals surface area contributed by atoms with Crippen LogP contribution in [0.5, 0.6) is 0 Å². The highest BCUT2D eigenvalue weighted by Gasteiger charge is 2.32. The zero-order valence-electron chi connectivity index (χ0n) is 34.6. The third-order valence-electron chi connectivity index (χ3n) is 13.1. The Hall–Kier alpha value is -8.35. The second-order valence-electron chi connectivity index (χ2n) is 16.5. The number of aryl methyl sites for hydroxylation is 1. The molecule has 63 heavy (non-hydrogen) atoms. The van der Waals surface area contributed by atoms with Crippen molar-refractivity contribution >= 4 is 71.7 Å². The van der Waals surface area contributed by atoms with Crippen LogP contribution in [0.2, 0.25) is 0 Å². The number of para-hydroxylation sites is 8. The highest BCUT2D eigenvalue weighted by molar-refractivity contribution is 6.24. The lowest BCUT2D eigenvalue weighted by atomic mass is 10.0. The van der Waals surface area contributed by atoms with Gasteiger partial charge in [-0.3, -0.25) is 0 Å². The van der Waals surface area contributed by atoms with Crippen LogP contribution in [0.4, 0.5) is 17.1 Å². The molecule has 0 amide bonds. The van der Waals surface area contributed by atoms with Crippen molar-refractivity contribution < 1.29 is 4.57 Å². The van der Waals surface area contributed by atoms with E-state index >= 15 is 0 Å². The van der Waals surface area contributed by atoms with E-state index in [1.165, 1.54) is 60.4 Å². The van der Waals surface area contributed by atoms with Gasteiger partial charge in [0, 0.05) is 38.6 Å². The van der Waals surface area contributed by atoms with Crippen molar-refractivity contribution in [1.29, 1.82) is 0 Å². The van der Waals surface area contributed by atoms with Gasteiger partial charge in [-0.25, -0.2) is 4.57 Å². The Labute approximate surface area is 364 Å². The van der Waals surface area contributed by atoms with Gasteiger partial charge in [0.1, 0.15) is 11.9 Å². The van der Waals surface area contributed by atoms with Crippen LogP contribution in [-0.2, 0) is 7.05 Å². The Morgan fingerprint density at radius 1 is 0.413 bits per heavy atom. The van der Waals surface area contributed by atoms with Gasteiger partial charge in [0.15, 0.2) is 11.0 Å². The number of benzene rings is 9. The molecule has 9 aromatic carbocycles. The van der Waals surface area contributed by atoms with Crippen LogP contribution < -0.4 is 14.8 Å². The lowest BCUT2D eigenvalue weighted by Crippen LogP contribution is -2.30. The van der Waals surface area contributed by atoms with Crippen molar-refractivity contribution in [2.75, 3.05) is 10.2 Å². The third-order valence-corrected chi connectivity index (χ3v) is 13.1. The second kappa shape index (κ2) is 13.8. The lowest BCUT2D eigenvalue weighted by Gasteiger charge is -2.27. The maximum absolute atomic E-state index is 3.89. The smallest absolute Gasteiger partial charge is 0.294 e. The minimum Gasteiger partial charge on any atom is -0.359 e. The standard InChI is InChI=1S/C57H41N6/c1-59-52-28-16-17-29-53(52)63(43-24-12-5-13-25-43)57(59)39-31-35-50-47(37-39)45-33-32-44-46-36-38(56-58-48-26-14-15-27-51(48)62(56)42-22-10-4-11-23-42)30-34-49(46)60(40-18-6-2-7-19-40)54(44)55(45)61(50)41-20-8-3-9-21-41/h2-37,56,58H,1H3/q+1. The molecular formula is C57H41N6+. The molecule has 4 heterocycles. The first-order chi connectivity index (χ1) is 31.2. The van der Waals surface area contributed by atoms with E-state index in [9.17, 15) is 0 Å². The molecule has 3 aromatic heterocycles. The van der Waals surface area contributed by atoms with E-state index in [1.54, 1.807) is 0 Å². The summed E-state index contributed by atoms with van der Waals surface area (Å²) in [6.45, 7) is 0. The summed E-state index contributed by atoms with van der Waals surface area (Å²) in [5.74, 6) is 1.13. The van der Waals surface area contributed by atoms with E-state index in [1.807, 2.05) is 0 Å². The Bertz CT molecular complexity index is 3720. The van der Waals surface area contributed by atoms with Crippen molar-refractivity contribution in [2.24, 2.45) is 7.05 Å². The maximum Gasteiger partial charge on any atom is 0.294 e. The van der Waals surface area contributed by atoms with Crippen LogP contribution in [0.15, 0.2) is 218 Å². The molecule has 0 fully saturated rings. The summed E-state index contributed by atoms with van der Waals surface area (Å²) in [5.41, 5.74) is 16.2. The van der Waals surface area contributed by atoms with E-state index in [0.717, 1.165) is 45.3 Å². The monoisotopic (exact) mass is 809 g/mol. The number of nitrogens with one attached hydrogen (secondary N) is 1. The topological polar surface area (TPSA) is 33.9 Å². The first kappa shape index (κ1) is 35.4. The van der Waals surface area contributed by atoms with Crippen molar-refractivity contribution in [3.05, 3.63) is 224 Å². The van der Waals surface area contributed by atoms with Crippen molar-refractivity contribution in [3.8, 4) is 28.5 Å². The quantitative estimate of drug-likeness (QED) is 0.170. The van der Waals surface area contributed by atoms with Crippen molar-refractivity contribution in [2.45, 2.75) is 6.17 Å². The fourth-order valence-electron chi connectivity index (χ4n) is 10.4. The van der Waals surface area contributed by atoms with E-state index in [-0.39, 0.29) is 6.17 Å². The van der Waals surface area contributed by atoms with Gasteiger partial charge in [-0.05, 0) is 109 Å². The number of hydrogen-bond donors (Lipinski definition) is 1. The number of imidazole rings is 1. The van der Waals surface area contributed by atoms with Crippen molar-refractivity contribution in [1.82, 2.24) is 13.7 Å². The van der Waals surface area contributed by atoms with E-state index in [2.05, 4.69) is 254 Å². The first-order valence-corrected chi connectivity index (χ1v) is 21.6. The molecule has 0 saturated carbocycles. The number of rotatable bonds is 6. The van der Waals surface area contributed by atoms with Gasteiger partial charge in [0.25, 0.3) is 5.82 Å².